The van der Waals surface area contributed by atoms with Crippen LogP contribution < -0.4 is 28.7 Å². The van der Waals surface area contributed by atoms with Crippen LogP contribution >= 0.6 is 0 Å². The average molecular weight is 683 g/mol. The van der Waals surface area contributed by atoms with E-state index in [1.165, 1.54) is 24.3 Å². The summed E-state index contributed by atoms with van der Waals surface area (Å²) in [5.74, 6) is -8.23. The standard InChI is InChI=1S/C36H54N6O7/c1-3-5-14-27(38)31(44)26(13-10-20-37)36(35(48)49,32(45)29(40)21-23-11-8-7-9-12-23)42(33(46)28(39)15-6-4-2)34(47)30(41)22-24-16-18-25(43)19-17-24/h7-9,11-12,16-19,26-30,43H,3-6,10,13-15,20-22,37-41H2,1-2H3,(H,48,49). The van der Waals surface area contributed by atoms with E-state index in [1.807, 2.05) is 13.8 Å². The van der Waals surface area contributed by atoms with Crippen LogP contribution in [0.5, 0.6) is 5.75 Å². The molecule has 270 valence electrons. The molecule has 6 unspecified atom stereocenters. The smallest absolute Gasteiger partial charge is 0.338 e. The number of nitrogens with zero attached hydrogens (tertiary/aromatic N) is 1. The lowest BCUT2D eigenvalue weighted by Crippen LogP contribution is -2.75. The maximum absolute atomic E-state index is 14.9. The molecule has 0 radical (unpaired) electrons. The van der Waals surface area contributed by atoms with Crippen LogP contribution in [-0.2, 0) is 36.8 Å². The lowest BCUT2D eigenvalue weighted by atomic mass is 9.69. The molecule has 2 rings (SSSR count). The molecule has 0 fully saturated rings. The summed E-state index contributed by atoms with van der Waals surface area (Å²) in [5.41, 5.74) is 29.3. The Morgan fingerprint density at radius 3 is 1.73 bits per heavy atom. The zero-order valence-corrected chi connectivity index (χ0v) is 28.6. The molecule has 13 heteroatoms. The summed E-state index contributed by atoms with van der Waals surface area (Å²) in [4.78, 5) is 72.4. The number of carbonyl (C=O) groups is 5. The van der Waals surface area contributed by atoms with Crippen LogP contribution in [0.3, 0.4) is 0 Å². The van der Waals surface area contributed by atoms with E-state index in [0.717, 1.165) is 0 Å². The van der Waals surface area contributed by atoms with Gasteiger partial charge in [0.1, 0.15) is 5.75 Å². The fourth-order valence-corrected chi connectivity index (χ4v) is 6.04. The third-order valence-electron chi connectivity index (χ3n) is 8.80. The Morgan fingerprint density at radius 2 is 1.20 bits per heavy atom. The summed E-state index contributed by atoms with van der Waals surface area (Å²) in [5, 5.41) is 21.0. The van der Waals surface area contributed by atoms with Crippen LogP contribution in [0.2, 0.25) is 0 Å². The van der Waals surface area contributed by atoms with Gasteiger partial charge in [0, 0.05) is 0 Å². The first-order chi connectivity index (χ1) is 23.3. The quantitative estimate of drug-likeness (QED) is 0.0873. The molecule has 0 bridgehead atoms. The number of amides is 2. The third kappa shape index (κ3) is 10.5. The van der Waals surface area contributed by atoms with Gasteiger partial charge in [-0.1, -0.05) is 82.0 Å². The fraction of sp³-hybridized carbons (Fsp3) is 0.528. The van der Waals surface area contributed by atoms with Crippen LogP contribution in [0.15, 0.2) is 54.6 Å². The van der Waals surface area contributed by atoms with Gasteiger partial charge in [-0.05, 0) is 68.3 Å². The molecule has 49 heavy (non-hydrogen) atoms. The normalized spacial score (nSPS) is 15.7. The molecular weight excluding hydrogens is 628 g/mol. The number of hydrogen-bond donors (Lipinski definition) is 7. The first-order valence-corrected chi connectivity index (χ1v) is 17.0. The Morgan fingerprint density at radius 1 is 0.694 bits per heavy atom. The van der Waals surface area contributed by atoms with Gasteiger partial charge < -0.3 is 38.9 Å². The lowest BCUT2D eigenvalue weighted by Gasteiger charge is -2.45. The molecular formula is C36H54N6O7. The van der Waals surface area contributed by atoms with Crippen molar-refractivity contribution in [2.24, 2.45) is 34.6 Å². The number of Topliss-reactive ketones (excluding diaryl/α,β-unsaturated/α-hetero) is 2. The van der Waals surface area contributed by atoms with Gasteiger partial charge in [0.25, 0.3) is 0 Å². The van der Waals surface area contributed by atoms with Gasteiger partial charge in [-0.3, -0.25) is 24.1 Å². The van der Waals surface area contributed by atoms with Gasteiger partial charge in [0.15, 0.2) is 11.6 Å². The number of aliphatic carboxylic acids is 1. The predicted octanol–water partition coefficient (Wildman–Crippen LogP) is 1.54. The van der Waals surface area contributed by atoms with Crippen molar-refractivity contribution in [1.82, 2.24) is 4.90 Å². The number of aromatic hydroxyl groups is 1. The first kappa shape index (κ1) is 41.2. The van der Waals surface area contributed by atoms with Crippen LogP contribution in [0.1, 0.15) is 76.3 Å². The molecule has 6 atom stereocenters. The van der Waals surface area contributed by atoms with E-state index in [2.05, 4.69) is 0 Å². The molecule has 0 heterocycles. The van der Waals surface area contributed by atoms with Gasteiger partial charge in [-0.25, -0.2) is 4.79 Å². The number of carboxylic acids is 1. The van der Waals surface area contributed by atoms with E-state index in [-0.39, 0.29) is 50.8 Å². The summed E-state index contributed by atoms with van der Waals surface area (Å²) in [6.45, 7) is 3.76. The first-order valence-electron chi connectivity index (χ1n) is 17.0. The predicted molar refractivity (Wildman–Crippen MR) is 187 cm³/mol. The number of unbranched alkanes of at least 4 members (excludes halogenated alkanes) is 2. The van der Waals surface area contributed by atoms with Gasteiger partial charge in [0.05, 0.1) is 30.1 Å². The Hall–Kier alpha value is -4.01. The minimum atomic E-state index is -3.16. The number of imide groups is 1. The number of carboxylic acid groups (broad SMARTS) is 1. The van der Waals surface area contributed by atoms with Crippen molar-refractivity contribution in [1.29, 1.82) is 0 Å². The van der Waals surface area contributed by atoms with Crippen molar-refractivity contribution in [3.8, 4) is 5.75 Å². The maximum atomic E-state index is 14.9. The molecule has 0 saturated heterocycles. The highest BCUT2D eigenvalue weighted by atomic mass is 16.4. The van der Waals surface area contributed by atoms with E-state index in [9.17, 15) is 34.2 Å². The SMILES string of the molecule is CCCCC(N)C(=O)C(CCCN)C(C(=O)O)(C(=O)C(N)Cc1ccccc1)N(C(=O)C(N)CCCC)C(=O)C(N)Cc1ccc(O)cc1. The van der Waals surface area contributed by atoms with Crippen molar-refractivity contribution in [2.75, 3.05) is 6.54 Å². The van der Waals surface area contributed by atoms with Gasteiger partial charge >= 0.3 is 5.97 Å². The maximum Gasteiger partial charge on any atom is 0.338 e. The zero-order chi connectivity index (χ0) is 36.7. The van der Waals surface area contributed by atoms with E-state index < -0.39 is 65.0 Å². The van der Waals surface area contributed by atoms with E-state index in [1.54, 1.807) is 30.3 Å². The molecule has 12 N–H and O–H groups in total. The highest BCUT2D eigenvalue weighted by Gasteiger charge is 2.64. The number of ketones is 2. The number of rotatable bonds is 22. The molecule has 0 aliphatic carbocycles. The number of nitrogens with two attached hydrogens (primary N) is 5. The van der Waals surface area contributed by atoms with Crippen molar-refractivity contribution in [3.63, 3.8) is 0 Å². The van der Waals surface area contributed by atoms with Crippen molar-refractivity contribution < 1.29 is 34.2 Å². The van der Waals surface area contributed by atoms with Gasteiger partial charge in [-0.15, -0.1) is 0 Å². The molecule has 0 aliphatic rings. The molecule has 0 aliphatic heterocycles. The second-order valence-electron chi connectivity index (χ2n) is 12.6. The molecule has 2 aromatic carbocycles. The number of benzene rings is 2. The topological polar surface area (TPSA) is 259 Å². The zero-order valence-electron chi connectivity index (χ0n) is 28.6. The third-order valence-corrected chi connectivity index (χ3v) is 8.80. The Labute approximate surface area is 288 Å². The monoisotopic (exact) mass is 682 g/mol. The minimum absolute atomic E-state index is 0.00616. The Kier molecular flexibility index (Phi) is 16.7. The summed E-state index contributed by atoms with van der Waals surface area (Å²) in [6.07, 6.45) is 1.93. The van der Waals surface area contributed by atoms with Crippen molar-refractivity contribution in [2.45, 2.75) is 108 Å². The van der Waals surface area contributed by atoms with Crippen molar-refractivity contribution >= 4 is 29.4 Å². The highest BCUT2D eigenvalue weighted by Crippen LogP contribution is 2.36. The second kappa shape index (κ2) is 19.9. The fourth-order valence-electron chi connectivity index (χ4n) is 6.04. The molecule has 13 nitrogen and oxygen atoms in total. The van der Waals surface area contributed by atoms with Gasteiger partial charge in [0.2, 0.25) is 17.4 Å². The molecule has 0 saturated carbocycles. The lowest BCUT2D eigenvalue weighted by molar-refractivity contribution is -0.178. The second-order valence-corrected chi connectivity index (χ2v) is 12.6. The Balaban J connectivity index is 2.95. The van der Waals surface area contributed by atoms with E-state index in [4.69, 9.17) is 28.7 Å². The van der Waals surface area contributed by atoms with E-state index >= 15 is 0 Å². The summed E-state index contributed by atoms with van der Waals surface area (Å²) in [6, 6.07) is 8.55. The molecule has 0 aromatic heterocycles. The minimum Gasteiger partial charge on any atom is -0.508 e. The average Bonchev–Trinajstić information content (AvgIpc) is 3.09. The molecule has 2 aromatic rings. The number of carbonyl (C=O) groups excluding carboxylic acids is 4. The van der Waals surface area contributed by atoms with Crippen LogP contribution in [0.25, 0.3) is 0 Å². The number of hydrogen-bond acceptors (Lipinski definition) is 11. The molecule has 2 amide bonds. The van der Waals surface area contributed by atoms with Crippen LogP contribution in [0, 0.1) is 5.92 Å². The largest absolute Gasteiger partial charge is 0.508 e. The van der Waals surface area contributed by atoms with Crippen LogP contribution in [-0.4, -0.2) is 80.7 Å². The van der Waals surface area contributed by atoms with Crippen molar-refractivity contribution in [3.05, 3.63) is 65.7 Å². The highest BCUT2D eigenvalue weighted by molar-refractivity contribution is 6.20. The van der Waals surface area contributed by atoms with E-state index in [0.29, 0.717) is 41.7 Å². The van der Waals surface area contributed by atoms with Crippen LogP contribution in [0.4, 0.5) is 0 Å². The van der Waals surface area contributed by atoms with Gasteiger partial charge in [-0.2, -0.15) is 0 Å². The Bertz CT molecular complexity index is 1390. The summed E-state index contributed by atoms with van der Waals surface area (Å²) >= 11 is 0. The number of phenols is 1. The summed E-state index contributed by atoms with van der Waals surface area (Å²) in [7, 11) is 0. The molecule has 0 spiro atoms. The number of phenolic OH excluding ortho intramolecular Hbond substituents is 1. The summed E-state index contributed by atoms with van der Waals surface area (Å²) < 4.78 is 0.